The fourth-order valence-electron chi connectivity index (χ4n) is 1.77. The lowest BCUT2D eigenvalue weighted by Gasteiger charge is -2.13. The Morgan fingerprint density at radius 2 is 2.10 bits per heavy atom. The maximum absolute atomic E-state index is 12.1. The Kier molecular flexibility index (Phi) is 4.70. The number of benzene rings is 1. The maximum Gasteiger partial charge on any atom is 0.262 e. The van der Waals surface area contributed by atoms with Gasteiger partial charge in [-0.3, -0.25) is 4.79 Å². The van der Waals surface area contributed by atoms with Crippen molar-refractivity contribution in [3.63, 3.8) is 0 Å². The molecule has 0 aliphatic heterocycles. The minimum Gasteiger partial charge on any atom is -0.345 e. The summed E-state index contributed by atoms with van der Waals surface area (Å²) >= 11 is 1.53. The van der Waals surface area contributed by atoms with Crippen LogP contribution in [0.1, 0.15) is 24.1 Å². The highest BCUT2D eigenvalue weighted by Crippen LogP contribution is 2.14. The number of nitrogens with zero attached hydrogens (tertiary/aromatic N) is 1. The van der Waals surface area contributed by atoms with Gasteiger partial charge >= 0.3 is 0 Å². The lowest BCUT2D eigenvalue weighted by molar-refractivity contribution is -0.117. The number of rotatable bonds is 4. The quantitative estimate of drug-likeness (QED) is 0.689. The molecule has 3 nitrogen and oxygen atoms in total. The lowest BCUT2D eigenvalue weighted by Crippen LogP contribution is -2.27. The largest absolute Gasteiger partial charge is 0.345 e. The zero-order chi connectivity index (χ0) is 14.4. The topological polar surface area (TPSA) is 52.9 Å². The summed E-state index contributed by atoms with van der Waals surface area (Å²) in [6.45, 7) is 1.90. The van der Waals surface area contributed by atoms with Crippen LogP contribution in [0, 0.1) is 11.3 Å². The van der Waals surface area contributed by atoms with Gasteiger partial charge in [-0.05, 0) is 41.0 Å². The molecule has 4 heteroatoms. The molecule has 1 heterocycles. The predicted molar refractivity (Wildman–Crippen MR) is 80.9 cm³/mol. The molecule has 1 aromatic heterocycles. The summed E-state index contributed by atoms with van der Waals surface area (Å²) < 4.78 is 0. The van der Waals surface area contributed by atoms with Crippen molar-refractivity contribution in [2.24, 2.45) is 0 Å². The molecule has 0 saturated heterocycles. The number of thiophene rings is 1. The average molecular weight is 282 g/mol. The van der Waals surface area contributed by atoms with E-state index < -0.39 is 0 Å². The first-order chi connectivity index (χ1) is 9.70. The monoisotopic (exact) mass is 282 g/mol. The molecule has 100 valence electrons. The standard InChI is InChI=1S/C16H14N2OS/c1-12(14-5-3-2-4-6-14)18-16(19)15(10-17)9-13-7-8-20-11-13/h2-9,11-12H,1H3,(H,18,19)/b15-9-/t12-/m1/s1. The van der Waals surface area contributed by atoms with Gasteiger partial charge in [-0.15, -0.1) is 0 Å². The molecule has 0 radical (unpaired) electrons. The Balaban J connectivity index is 2.09. The van der Waals surface area contributed by atoms with Crippen molar-refractivity contribution in [3.05, 3.63) is 63.9 Å². The molecule has 1 atom stereocenters. The molecule has 1 N–H and O–H groups in total. The van der Waals surface area contributed by atoms with Gasteiger partial charge < -0.3 is 5.32 Å². The van der Waals surface area contributed by atoms with Gasteiger partial charge in [0.15, 0.2) is 0 Å². The fraction of sp³-hybridized carbons (Fsp3) is 0.125. The summed E-state index contributed by atoms with van der Waals surface area (Å²) in [7, 11) is 0. The van der Waals surface area contributed by atoms with Crippen molar-refractivity contribution in [2.45, 2.75) is 13.0 Å². The number of carbonyl (C=O) groups is 1. The van der Waals surface area contributed by atoms with Crippen LogP contribution in [0.3, 0.4) is 0 Å². The molecule has 2 aromatic rings. The Labute approximate surface area is 122 Å². The number of carbonyl (C=O) groups excluding carboxylic acids is 1. The van der Waals surface area contributed by atoms with Gasteiger partial charge in [0, 0.05) is 0 Å². The SMILES string of the molecule is C[C@@H](NC(=O)/C(C#N)=C\c1ccsc1)c1ccccc1. The summed E-state index contributed by atoms with van der Waals surface area (Å²) in [5, 5.41) is 15.7. The van der Waals surface area contributed by atoms with Crippen molar-refractivity contribution in [2.75, 3.05) is 0 Å². The third-order valence-corrected chi connectivity index (χ3v) is 3.57. The van der Waals surface area contributed by atoms with Crippen LogP contribution in [0.2, 0.25) is 0 Å². The van der Waals surface area contributed by atoms with Crippen LogP contribution < -0.4 is 5.32 Å². The van der Waals surface area contributed by atoms with E-state index in [9.17, 15) is 4.79 Å². The summed E-state index contributed by atoms with van der Waals surface area (Å²) in [6.07, 6.45) is 1.60. The van der Waals surface area contributed by atoms with Gasteiger partial charge in [-0.1, -0.05) is 30.3 Å². The number of amides is 1. The van der Waals surface area contributed by atoms with Crippen LogP contribution in [-0.2, 0) is 4.79 Å². The molecule has 0 saturated carbocycles. The Morgan fingerprint density at radius 3 is 2.70 bits per heavy atom. The normalized spacial score (nSPS) is 12.5. The van der Waals surface area contributed by atoms with Gasteiger partial charge in [0.25, 0.3) is 5.91 Å². The van der Waals surface area contributed by atoms with E-state index >= 15 is 0 Å². The van der Waals surface area contributed by atoms with Crippen molar-refractivity contribution < 1.29 is 4.79 Å². The molecule has 1 amide bonds. The molecule has 0 fully saturated rings. The second-order valence-corrected chi connectivity index (χ2v) is 5.11. The molecule has 0 unspecified atom stereocenters. The highest BCUT2D eigenvalue weighted by Gasteiger charge is 2.13. The summed E-state index contributed by atoms with van der Waals surface area (Å²) in [5.41, 5.74) is 1.99. The summed E-state index contributed by atoms with van der Waals surface area (Å²) in [6, 6.07) is 13.3. The molecular weight excluding hydrogens is 268 g/mol. The second kappa shape index (κ2) is 6.69. The number of hydrogen-bond donors (Lipinski definition) is 1. The van der Waals surface area contributed by atoms with E-state index in [1.54, 1.807) is 6.08 Å². The third kappa shape index (κ3) is 3.56. The Bertz CT molecular complexity index is 639. The van der Waals surface area contributed by atoms with Gasteiger partial charge in [0.05, 0.1) is 6.04 Å². The van der Waals surface area contributed by atoms with Crippen molar-refractivity contribution in [3.8, 4) is 6.07 Å². The van der Waals surface area contributed by atoms with E-state index in [4.69, 9.17) is 5.26 Å². The van der Waals surface area contributed by atoms with E-state index in [1.165, 1.54) is 11.3 Å². The minimum absolute atomic E-state index is 0.117. The minimum atomic E-state index is -0.352. The Morgan fingerprint density at radius 1 is 1.35 bits per heavy atom. The predicted octanol–water partition coefficient (Wildman–Crippen LogP) is 3.53. The first-order valence-corrected chi connectivity index (χ1v) is 7.15. The van der Waals surface area contributed by atoms with E-state index in [1.807, 2.05) is 60.2 Å². The van der Waals surface area contributed by atoms with E-state index in [2.05, 4.69) is 5.32 Å². The zero-order valence-electron chi connectivity index (χ0n) is 11.0. The number of hydrogen-bond acceptors (Lipinski definition) is 3. The fourth-order valence-corrected chi connectivity index (χ4v) is 2.39. The number of nitriles is 1. The highest BCUT2D eigenvalue weighted by atomic mass is 32.1. The second-order valence-electron chi connectivity index (χ2n) is 4.33. The third-order valence-electron chi connectivity index (χ3n) is 2.87. The van der Waals surface area contributed by atoms with E-state index in [0.717, 1.165) is 11.1 Å². The molecule has 20 heavy (non-hydrogen) atoms. The van der Waals surface area contributed by atoms with Crippen molar-refractivity contribution in [1.29, 1.82) is 5.26 Å². The average Bonchev–Trinajstić information content (AvgIpc) is 2.98. The maximum atomic E-state index is 12.1. The van der Waals surface area contributed by atoms with Crippen molar-refractivity contribution >= 4 is 23.3 Å². The summed E-state index contributed by atoms with van der Waals surface area (Å²) in [4.78, 5) is 12.1. The first kappa shape index (κ1) is 14.0. The van der Waals surface area contributed by atoms with Crippen LogP contribution in [0.5, 0.6) is 0 Å². The molecule has 2 rings (SSSR count). The van der Waals surface area contributed by atoms with Crippen LogP contribution >= 0.6 is 11.3 Å². The van der Waals surface area contributed by atoms with Gasteiger partial charge in [-0.25, -0.2) is 0 Å². The van der Waals surface area contributed by atoms with Crippen LogP contribution in [0.25, 0.3) is 6.08 Å². The van der Waals surface area contributed by atoms with Crippen LogP contribution in [0.4, 0.5) is 0 Å². The lowest BCUT2D eigenvalue weighted by atomic mass is 10.1. The van der Waals surface area contributed by atoms with Gasteiger partial charge in [0.1, 0.15) is 11.6 Å². The Hall–Kier alpha value is -2.38. The van der Waals surface area contributed by atoms with Crippen LogP contribution in [-0.4, -0.2) is 5.91 Å². The van der Waals surface area contributed by atoms with E-state index in [0.29, 0.717) is 0 Å². The van der Waals surface area contributed by atoms with Gasteiger partial charge in [0.2, 0.25) is 0 Å². The molecule has 1 aromatic carbocycles. The number of nitrogens with one attached hydrogen (secondary N) is 1. The van der Waals surface area contributed by atoms with Crippen LogP contribution in [0.15, 0.2) is 52.7 Å². The molecule has 0 aliphatic carbocycles. The smallest absolute Gasteiger partial charge is 0.262 e. The van der Waals surface area contributed by atoms with Crippen molar-refractivity contribution in [1.82, 2.24) is 5.32 Å². The zero-order valence-corrected chi connectivity index (χ0v) is 11.9. The molecule has 0 bridgehead atoms. The molecule has 0 aliphatic rings. The van der Waals surface area contributed by atoms with E-state index in [-0.39, 0.29) is 17.5 Å². The molecule has 0 spiro atoms. The van der Waals surface area contributed by atoms with Gasteiger partial charge in [-0.2, -0.15) is 16.6 Å². The molecular formula is C16H14N2OS. The highest BCUT2D eigenvalue weighted by molar-refractivity contribution is 7.08. The summed E-state index contributed by atoms with van der Waals surface area (Å²) in [5.74, 6) is -0.352. The first-order valence-electron chi connectivity index (χ1n) is 6.20.